The van der Waals surface area contributed by atoms with Crippen LogP contribution in [0.4, 0.5) is 0 Å². The summed E-state index contributed by atoms with van der Waals surface area (Å²) in [6, 6.07) is 0. The standard InChI is InChI=1S/C29H52O6.CH4.H2/c1-12-23-16(5)14(3)19(8)28(32-23)34-26-18(7)20(9)29(35-27(26)21(10)30)33-25-17(6)15(4)22(11)31-24(25)13-2;;/h14-20,22-29H,12-13H2,1-11H3;1H4;1H/t14-,15?,16-,17+,18+,19?,20?,22+,23?,24?,25-,26-,27?,28-,29+;;/m0../s1/i;;1+1. The number of ether oxygens (including phenoxy) is 5. The topological polar surface area (TPSA) is 63.2 Å². The monoisotopic (exact) mass is 515 g/mol. The van der Waals surface area contributed by atoms with Gasteiger partial charge in [0.15, 0.2) is 18.4 Å². The van der Waals surface area contributed by atoms with Crippen molar-refractivity contribution < 1.29 is 29.9 Å². The molecular weight excluding hydrogens is 456 g/mol. The number of rotatable bonds is 7. The van der Waals surface area contributed by atoms with Crippen LogP contribution in [-0.4, -0.2) is 55.0 Å². The van der Waals surface area contributed by atoms with Gasteiger partial charge in [-0.25, -0.2) is 0 Å². The second-order valence-electron chi connectivity index (χ2n) is 12.0. The van der Waals surface area contributed by atoms with Crippen LogP contribution in [0.5, 0.6) is 0 Å². The third-order valence-corrected chi connectivity index (χ3v) is 9.97. The Bertz CT molecular complexity index is 702. The molecule has 0 aliphatic carbocycles. The summed E-state index contributed by atoms with van der Waals surface area (Å²) in [6.45, 7) is 23.6. The van der Waals surface area contributed by atoms with Gasteiger partial charge in [-0.3, -0.25) is 4.79 Å². The van der Waals surface area contributed by atoms with Gasteiger partial charge in [0, 0.05) is 13.3 Å². The lowest BCUT2D eigenvalue weighted by molar-refractivity contribution is -0.333. The summed E-state index contributed by atoms with van der Waals surface area (Å²) in [4.78, 5) is 12.8. The molecule has 3 saturated heterocycles. The molecule has 3 aliphatic heterocycles. The molecule has 0 aromatic heterocycles. The second-order valence-corrected chi connectivity index (χ2v) is 12.0. The van der Waals surface area contributed by atoms with E-state index in [9.17, 15) is 4.79 Å². The third-order valence-electron chi connectivity index (χ3n) is 9.97. The van der Waals surface area contributed by atoms with Gasteiger partial charge in [-0.2, -0.15) is 0 Å². The van der Waals surface area contributed by atoms with Crippen molar-refractivity contribution in [2.24, 2.45) is 41.4 Å². The van der Waals surface area contributed by atoms with Crippen molar-refractivity contribution in [3.05, 3.63) is 0 Å². The third kappa shape index (κ3) is 6.20. The summed E-state index contributed by atoms with van der Waals surface area (Å²) < 4.78 is 32.4. The van der Waals surface area contributed by atoms with Gasteiger partial charge < -0.3 is 23.7 Å². The number of hydrogen-bond acceptors (Lipinski definition) is 6. The van der Waals surface area contributed by atoms with Gasteiger partial charge in [0.1, 0.15) is 6.10 Å². The molecule has 0 aromatic rings. The second kappa shape index (κ2) is 13.0. The lowest BCUT2D eigenvalue weighted by atomic mass is 9.78. The fourth-order valence-corrected chi connectivity index (χ4v) is 6.35. The highest BCUT2D eigenvalue weighted by Crippen LogP contribution is 2.42. The average molecular weight is 516 g/mol. The Morgan fingerprint density at radius 3 is 1.69 bits per heavy atom. The summed E-state index contributed by atoms with van der Waals surface area (Å²) in [5, 5.41) is 0. The number of ketones is 1. The molecule has 0 aromatic carbocycles. The lowest BCUT2D eigenvalue weighted by Gasteiger charge is -2.50. The molecule has 0 bridgehead atoms. The highest BCUT2D eigenvalue weighted by molar-refractivity contribution is 5.81. The number of carbonyl (C=O) groups is 1. The number of hydrogen-bond donors (Lipinski definition) is 0. The van der Waals surface area contributed by atoms with Crippen LogP contribution in [-0.2, 0) is 28.5 Å². The van der Waals surface area contributed by atoms with Crippen molar-refractivity contribution >= 4 is 5.78 Å². The summed E-state index contributed by atoms with van der Waals surface area (Å²) in [7, 11) is 0. The maximum absolute atomic E-state index is 12.8. The highest BCUT2D eigenvalue weighted by atomic mass is 16.7. The zero-order chi connectivity index (χ0) is 26.2. The minimum atomic E-state index is -0.673. The molecule has 3 heterocycles. The fourth-order valence-electron chi connectivity index (χ4n) is 6.35. The van der Waals surface area contributed by atoms with E-state index in [1.807, 2.05) is 0 Å². The number of carbonyl (C=O) groups excluding carboxylic acids is 1. The van der Waals surface area contributed by atoms with Crippen LogP contribution in [0.2, 0.25) is 0 Å². The van der Waals surface area contributed by atoms with Crippen LogP contribution in [0, 0.1) is 41.4 Å². The van der Waals surface area contributed by atoms with E-state index < -0.39 is 12.4 Å². The first-order chi connectivity index (χ1) is 16.4. The number of Topliss-reactive ketones (excluding diaryl/α,β-unsaturated/α-hetero) is 1. The van der Waals surface area contributed by atoms with Gasteiger partial charge in [-0.15, -0.1) is 0 Å². The quantitative estimate of drug-likeness (QED) is 0.374. The molecule has 15 atom stereocenters. The molecule has 6 nitrogen and oxygen atoms in total. The summed E-state index contributed by atoms with van der Waals surface area (Å²) in [5.74, 6) is 2.03. The molecule has 0 saturated carbocycles. The van der Waals surface area contributed by atoms with Gasteiger partial charge in [0.25, 0.3) is 0 Å². The normalized spacial score (nSPS) is 49.8. The van der Waals surface area contributed by atoms with E-state index in [2.05, 4.69) is 69.2 Å². The average Bonchev–Trinajstić information content (AvgIpc) is 2.83. The van der Waals surface area contributed by atoms with E-state index in [-0.39, 0.29) is 69.2 Å². The molecular formula is C30H58O6. The largest absolute Gasteiger partial charge is 0.372 e. The highest BCUT2D eigenvalue weighted by Gasteiger charge is 2.50. The van der Waals surface area contributed by atoms with Crippen molar-refractivity contribution in [3.63, 3.8) is 0 Å². The van der Waals surface area contributed by atoms with Crippen LogP contribution >= 0.6 is 0 Å². The van der Waals surface area contributed by atoms with Crippen molar-refractivity contribution in [2.45, 2.75) is 146 Å². The van der Waals surface area contributed by atoms with Gasteiger partial charge in [0.05, 0.1) is 30.5 Å². The van der Waals surface area contributed by atoms with Crippen molar-refractivity contribution in [1.29, 1.82) is 0 Å². The van der Waals surface area contributed by atoms with E-state index in [1.165, 1.54) is 0 Å². The van der Waals surface area contributed by atoms with Crippen molar-refractivity contribution in [2.75, 3.05) is 0 Å². The Kier molecular flexibility index (Phi) is 11.5. The van der Waals surface area contributed by atoms with E-state index in [4.69, 9.17) is 23.7 Å². The predicted molar refractivity (Wildman–Crippen MR) is 146 cm³/mol. The van der Waals surface area contributed by atoms with Gasteiger partial charge in [-0.05, 0) is 56.3 Å². The fraction of sp³-hybridized carbons (Fsp3) is 0.967. The Morgan fingerprint density at radius 1 is 0.639 bits per heavy atom. The minimum Gasteiger partial charge on any atom is -0.372 e. The molecule has 3 aliphatic rings. The van der Waals surface area contributed by atoms with E-state index >= 15 is 0 Å². The van der Waals surface area contributed by atoms with Crippen LogP contribution in [0.15, 0.2) is 0 Å². The molecule has 214 valence electrons. The van der Waals surface area contributed by atoms with Gasteiger partial charge in [-0.1, -0.05) is 69.7 Å². The zero-order valence-electron chi connectivity index (χ0n) is 24.0. The van der Waals surface area contributed by atoms with Crippen LogP contribution in [0.3, 0.4) is 0 Å². The predicted octanol–water partition coefficient (Wildman–Crippen LogP) is 6.74. The molecule has 0 N–H and O–H groups in total. The van der Waals surface area contributed by atoms with Crippen LogP contribution in [0.25, 0.3) is 0 Å². The molecule has 3 fully saturated rings. The first-order valence-electron chi connectivity index (χ1n) is 14.2. The molecule has 0 radical (unpaired) electrons. The van der Waals surface area contributed by atoms with Crippen molar-refractivity contribution in [3.8, 4) is 0 Å². The molecule has 0 spiro atoms. The zero-order valence-corrected chi connectivity index (χ0v) is 24.0. The maximum Gasteiger partial charge on any atom is 0.162 e. The SMILES string of the molecule is C.CCC1O[C@@H](O[C@@H]2C(C(C)=O)O[C@@H](O[C@@H]3C(CC)O[C@H](C)C(C)[C@H]3C)C(C)[C@H]2C)C(C)[C@@H](C)[C@@H]1C.[2HH]. The van der Waals surface area contributed by atoms with E-state index in [0.717, 1.165) is 12.8 Å². The Balaban J connectivity index is 0.00000342. The first kappa shape index (κ1) is 31.7. The Labute approximate surface area is 223 Å². The van der Waals surface area contributed by atoms with Gasteiger partial charge in [0.2, 0.25) is 0 Å². The molecule has 3 rings (SSSR count). The molecule has 36 heavy (non-hydrogen) atoms. The molecule has 0 amide bonds. The summed E-state index contributed by atoms with van der Waals surface area (Å²) in [5.41, 5.74) is 0. The Hall–Kier alpha value is -0.530. The van der Waals surface area contributed by atoms with Gasteiger partial charge >= 0.3 is 0 Å². The minimum absolute atomic E-state index is 0. The first-order valence-corrected chi connectivity index (χ1v) is 14.2. The van der Waals surface area contributed by atoms with Crippen LogP contribution in [0.1, 0.15) is 97.9 Å². The molecule has 6 heteroatoms. The van der Waals surface area contributed by atoms with E-state index in [0.29, 0.717) is 23.7 Å². The molecule has 6 unspecified atom stereocenters. The smallest absolute Gasteiger partial charge is 0.162 e. The maximum atomic E-state index is 12.8. The van der Waals surface area contributed by atoms with Crippen molar-refractivity contribution in [1.82, 2.24) is 0 Å². The summed E-state index contributed by atoms with van der Waals surface area (Å²) >= 11 is 0. The summed E-state index contributed by atoms with van der Waals surface area (Å²) in [6.07, 6.45) is 0.314. The van der Waals surface area contributed by atoms with Crippen LogP contribution < -0.4 is 0 Å². The lowest BCUT2D eigenvalue weighted by Crippen LogP contribution is -2.59. The Morgan fingerprint density at radius 2 is 1.14 bits per heavy atom. The van der Waals surface area contributed by atoms with E-state index in [1.54, 1.807) is 6.92 Å².